The maximum atomic E-state index is 5.87. The van der Waals surface area contributed by atoms with Gasteiger partial charge >= 0.3 is 0 Å². The summed E-state index contributed by atoms with van der Waals surface area (Å²) in [6, 6.07) is 7.79. The van der Waals surface area contributed by atoms with Gasteiger partial charge in [-0.3, -0.25) is 0 Å². The first kappa shape index (κ1) is 13.1. The van der Waals surface area contributed by atoms with Gasteiger partial charge in [0, 0.05) is 26.9 Å². The van der Waals surface area contributed by atoms with Crippen LogP contribution in [0.25, 0.3) is 0 Å². The number of methoxy groups -OCH3 is 3. The van der Waals surface area contributed by atoms with Crippen molar-refractivity contribution in [2.45, 2.75) is 18.9 Å². The Bertz CT molecular complexity index is 320. The van der Waals surface area contributed by atoms with Gasteiger partial charge in [0.2, 0.25) is 5.79 Å². The minimum atomic E-state index is -1.07. The molecule has 0 saturated carbocycles. The number of hydrogen-bond donors (Lipinski definition) is 1. The van der Waals surface area contributed by atoms with Gasteiger partial charge in [-0.15, -0.1) is 0 Å². The summed E-state index contributed by atoms with van der Waals surface area (Å²) >= 11 is 0. The Labute approximate surface area is 96.3 Å². The molecule has 1 rings (SSSR count). The zero-order chi connectivity index (χ0) is 12.2. The Balaban J connectivity index is 3.14. The molecule has 0 saturated heterocycles. The highest BCUT2D eigenvalue weighted by molar-refractivity contribution is 5.26. The summed E-state index contributed by atoms with van der Waals surface area (Å²) in [5, 5.41) is 0. The molecule has 1 unspecified atom stereocenters. The Morgan fingerprint density at radius 2 is 1.56 bits per heavy atom. The van der Waals surface area contributed by atoms with Gasteiger partial charge in [-0.1, -0.05) is 29.8 Å². The van der Waals surface area contributed by atoms with Crippen LogP contribution in [-0.2, 0) is 20.0 Å². The van der Waals surface area contributed by atoms with E-state index in [1.807, 2.05) is 31.2 Å². The van der Waals surface area contributed by atoms with Crippen LogP contribution in [0.15, 0.2) is 24.3 Å². The van der Waals surface area contributed by atoms with Crippen LogP contribution in [0.2, 0.25) is 0 Å². The van der Waals surface area contributed by atoms with Crippen molar-refractivity contribution in [2.24, 2.45) is 5.73 Å². The molecule has 0 aliphatic rings. The number of ether oxygens (including phenoxy) is 3. The largest absolute Gasteiger partial charge is 0.361 e. The van der Waals surface area contributed by atoms with Gasteiger partial charge in [0.15, 0.2) is 6.23 Å². The highest BCUT2D eigenvalue weighted by Crippen LogP contribution is 2.29. The van der Waals surface area contributed by atoms with E-state index in [9.17, 15) is 0 Å². The second-order valence-electron chi connectivity index (χ2n) is 3.60. The second kappa shape index (κ2) is 5.41. The first-order valence-electron chi connectivity index (χ1n) is 5.06. The molecule has 16 heavy (non-hydrogen) atoms. The van der Waals surface area contributed by atoms with E-state index in [0.29, 0.717) is 0 Å². The molecular formula is C12H19NO3. The smallest absolute Gasteiger partial charge is 0.235 e. The molecule has 0 radical (unpaired) electrons. The van der Waals surface area contributed by atoms with Gasteiger partial charge in [-0.05, 0) is 6.92 Å². The molecule has 0 amide bonds. The van der Waals surface area contributed by atoms with E-state index in [1.54, 1.807) is 14.2 Å². The van der Waals surface area contributed by atoms with Gasteiger partial charge in [0.05, 0.1) is 0 Å². The van der Waals surface area contributed by atoms with Crippen molar-refractivity contribution in [3.8, 4) is 0 Å². The molecule has 2 N–H and O–H groups in total. The monoisotopic (exact) mass is 225 g/mol. The average molecular weight is 225 g/mol. The van der Waals surface area contributed by atoms with E-state index in [4.69, 9.17) is 19.9 Å². The zero-order valence-electron chi connectivity index (χ0n) is 10.2. The third kappa shape index (κ3) is 2.25. The summed E-state index contributed by atoms with van der Waals surface area (Å²) in [5.41, 5.74) is 7.86. The minimum absolute atomic E-state index is 0.690. The van der Waals surface area contributed by atoms with Crippen molar-refractivity contribution >= 4 is 0 Å². The predicted molar refractivity (Wildman–Crippen MR) is 61.9 cm³/mol. The molecule has 0 heterocycles. The highest BCUT2D eigenvalue weighted by Gasteiger charge is 2.39. The molecule has 0 aliphatic heterocycles. The Kier molecular flexibility index (Phi) is 4.44. The lowest BCUT2D eigenvalue weighted by Crippen LogP contribution is -2.49. The zero-order valence-corrected chi connectivity index (χ0v) is 10.2. The summed E-state index contributed by atoms with van der Waals surface area (Å²) in [7, 11) is 4.61. The van der Waals surface area contributed by atoms with Gasteiger partial charge in [0.25, 0.3) is 0 Å². The Morgan fingerprint density at radius 3 is 1.94 bits per heavy atom. The molecule has 0 bridgehead atoms. The molecule has 1 aromatic carbocycles. The lowest BCUT2D eigenvalue weighted by molar-refractivity contribution is -0.273. The van der Waals surface area contributed by atoms with Crippen LogP contribution in [0.3, 0.4) is 0 Å². The Morgan fingerprint density at radius 1 is 1.06 bits per heavy atom. The van der Waals surface area contributed by atoms with Crippen LogP contribution in [0.4, 0.5) is 0 Å². The molecule has 0 aromatic heterocycles. The van der Waals surface area contributed by atoms with Gasteiger partial charge < -0.3 is 19.9 Å². The van der Waals surface area contributed by atoms with Crippen LogP contribution in [-0.4, -0.2) is 27.6 Å². The summed E-state index contributed by atoms with van der Waals surface area (Å²) in [6.45, 7) is 2.02. The van der Waals surface area contributed by atoms with Crippen molar-refractivity contribution in [3.63, 3.8) is 0 Å². The third-order valence-corrected chi connectivity index (χ3v) is 2.69. The number of benzene rings is 1. The van der Waals surface area contributed by atoms with Crippen LogP contribution in [0.5, 0.6) is 0 Å². The summed E-state index contributed by atoms with van der Waals surface area (Å²) in [6.07, 6.45) is -0.690. The summed E-state index contributed by atoms with van der Waals surface area (Å²) in [5.74, 6) is -1.07. The number of rotatable bonds is 5. The van der Waals surface area contributed by atoms with Crippen molar-refractivity contribution < 1.29 is 14.2 Å². The van der Waals surface area contributed by atoms with Gasteiger partial charge in [-0.2, -0.15) is 0 Å². The molecule has 0 spiro atoms. The first-order chi connectivity index (χ1) is 7.60. The lowest BCUT2D eigenvalue weighted by Gasteiger charge is -2.35. The molecule has 1 atom stereocenters. The van der Waals surface area contributed by atoms with E-state index in [-0.39, 0.29) is 0 Å². The van der Waals surface area contributed by atoms with Crippen molar-refractivity contribution in [1.29, 1.82) is 0 Å². The third-order valence-electron chi connectivity index (χ3n) is 2.69. The van der Waals surface area contributed by atoms with E-state index in [1.165, 1.54) is 7.11 Å². The molecule has 90 valence electrons. The highest BCUT2D eigenvalue weighted by atomic mass is 16.7. The fourth-order valence-electron chi connectivity index (χ4n) is 1.66. The topological polar surface area (TPSA) is 53.7 Å². The summed E-state index contributed by atoms with van der Waals surface area (Å²) in [4.78, 5) is 0. The van der Waals surface area contributed by atoms with Crippen LogP contribution >= 0.6 is 0 Å². The molecule has 0 aliphatic carbocycles. The molecular weight excluding hydrogens is 206 g/mol. The standard InChI is InChI=1S/C12H19NO3/c1-9-5-7-10(8-6-9)12(15-3,16-4)11(13)14-2/h5-8,11H,13H2,1-4H3. The lowest BCUT2D eigenvalue weighted by atomic mass is 10.0. The van der Waals surface area contributed by atoms with Crippen LogP contribution < -0.4 is 5.73 Å². The predicted octanol–water partition coefficient (Wildman–Crippen LogP) is 1.37. The normalized spacial score (nSPS) is 13.8. The average Bonchev–Trinajstić information content (AvgIpc) is 2.33. The van der Waals surface area contributed by atoms with Crippen molar-refractivity contribution in [3.05, 3.63) is 35.4 Å². The fourth-order valence-corrected chi connectivity index (χ4v) is 1.66. The van der Waals surface area contributed by atoms with Gasteiger partial charge in [0.1, 0.15) is 0 Å². The van der Waals surface area contributed by atoms with Crippen molar-refractivity contribution in [1.82, 2.24) is 0 Å². The van der Waals surface area contributed by atoms with E-state index in [2.05, 4.69) is 0 Å². The second-order valence-corrected chi connectivity index (χ2v) is 3.60. The maximum Gasteiger partial charge on any atom is 0.235 e. The Hall–Kier alpha value is -0.940. The first-order valence-corrected chi connectivity index (χ1v) is 5.06. The number of nitrogens with two attached hydrogens (primary N) is 1. The van der Waals surface area contributed by atoms with Crippen LogP contribution in [0, 0.1) is 6.92 Å². The summed E-state index contributed by atoms with van der Waals surface area (Å²) < 4.78 is 15.9. The van der Waals surface area contributed by atoms with Gasteiger partial charge in [-0.25, -0.2) is 0 Å². The van der Waals surface area contributed by atoms with Crippen LogP contribution in [0.1, 0.15) is 11.1 Å². The minimum Gasteiger partial charge on any atom is -0.361 e. The number of hydrogen-bond acceptors (Lipinski definition) is 4. The molecule has 1 aromatic rings. The quantitative estimate of drug-likeness (QED) is 0.769. The molecule has 4 heteroatoms. The van der Waals surface area contributed by atoms with E-state index >= 15 is 0 Å². The van der Waals surface area contributed by atoms with Crippen molar-refractivity contribution in [2.75, 3.05) is 21.3 Å². The maximum absolute atomic E-state index is 5.87. The number of aryl methyl sites for hydroxylation is 1. The molecule has 4 nitrogen and oxygen atoms in total. The molecule has 0 fully saturated rings. The van der Waals surface area contributed by atoms with E-state index < -0.39 is 12.0 Å². The fraction of sp³-hybridized carbons (Fsp3) is 0.500. The van der Waals surface area contributed by atoms with E-state index in [0.717, 1.165) is 11.1 Å². The SMILES string of the molecule is COC(N)C(OC)(OC)c1ccc(C)cc1.